The van der Waals surface area contributed by atoms with Crippen LogP contribution in [0.5, 0.6) is 0 Å². The summed E-state index contributed by atoms with van der Waals surface area (Å²) in [6, 6.07) is 16.7. The summed E-state index contributed by atoms with van der Waals surface area (Å²) in [6.45, 7) is 6.31. The molecule has 1 amide bonds. The van der Waals surface area contributed by atoms with E-state index in [0.717, 1.165) is 64.0 Å². The van der Waals surface area contributed by atoms with Crippen molar-refractivity contribution in [1.82, 2.24) is 14.8 Å². The van der Waals surface area contributed by atoms with Crippen LogP contribution in [0, 0.1) is 12.8 Å². The zero-order valence-electron chi connectivity index (χ0n) is 20.7. The van der Waals surface area contributed by atoms with E-state index in [1.54, 1.807) is 6.08 Å². The molecule has 0 aliphatic carbocycles. The fraction of sp³-hybridized carbons (Fsp3) is 0.433. The number of H-pyrrole nitrogens is 1. The molecule has 2 aliphatic rings. The Morgan fingerprint density at radius 2 is 1.83 bits per heavy atom. The van der Waals surface area contributed by atoms with E-state index in [9.17, 15) is 9.90 Å². The van der Waals surface area contributed by atoms with Gasteiger partial charge < -0.3 is 19.9 Å². The second kappa shape index (κ2) is 10.8. The van der Waals surface area contributed by atoms with Gasteiger partial charge >= 0.3 is 0 Å². The van der Waals surface area contributed by atoms with Gasteiger partial charge in [0.15, 0.2) is 0 Å². The van der Waals surface area contributed by atoms with Crippen LogP contribution in [0.25, 0.3) is 17.0 Å². The van der Waals surface area contributed by atoms with Crippen molar-refractivity contribution in [3.8, 4) is 0 Å². The van der Waals surface area contributed by atoms with E-state index in [4.69, 9.17) is 0 Å². The number of fused-ring (bicyclic) bond motifs is 1. The maximum absolute atomic E-state index is 12.6. The number of aryl methyl sites for hydroxylation is 1. The molecule has 1 unspecified atom stereocenters. The molecule has 0 radical (unpaired) electrons. The van der Waals surface area contributed by atoms with Gasteiger partial charge in [-0.2, -0.15) is 0 Å². The highest BCUT2D eigenvalue weighted by Gasteiger charge is 2.30. The van der Waals surface area contributed by atoms with Crippen LogP contribution in [-0.2, 0) is 4.79 Å². The molecule has 184 valence electrons. The number of likely N-dealkylation sites (tertiary alicyclic amines) is 2. The van der Waals surface area contributed by atoms with Crippen LogP contribution < -0.4 is 0 Å². The highest BCUT2D eigenvalue weighted by atomic mass is 16.3. The Balaban J connectivity index is 1.07. The lowest BCUT2D eigenvalue weighted by Crippen LogP contribution is -2.45. The van der Waals surface area contributed by atoms with Crippen LogP contribution in [0.4, 0.5) is 0 Å². The number of nitrogens with one attached hydrogen (secondary N) is 1. The Hall–Kier alpha value is -2.89. The molecule has 3 aromatic rings. The molecule has 5 heteroatoms. The zero-order valence-corrected chi connectivity index (χ0v) is 20.7. The smallest absolute Gasteiger partial charge is 0.246 e. The van der Waals surface area contributed by atoms with Crippen LogP contribution in [-0.4, -0.2) is 64.6 Å². The first kappa shape index (κ1) is 23.8. The third kappa shape index (κ3) is 5.68. The summed E-state index contributed by atoms with van der Waals surface area (Å²) >= 11 is 0. The molecule has 0 bridgehead atoms. The van der Waals surface area contributed by atoms with Crippen molar-refractivity contribution in [2.24, 2.45) is 5.92 Å². The van der Waals surface area contributed by atoms with Crippen molar-refractivity contribution in [3.63, 3.8) is 0 Å². The second-order valence-electron chi connectivity index (χ2n) is 10.3. The molecule has 0 spiro atoms. The Kier molecular flexibility index (Phi) is 7.35. The SMILES string of the molecule is Cc1cccc(C=CC(=O)N2CCC(C(O)CN3CCC(c4c[nH]c5ccccc45)CC3)CC2)c1. The first-order valence-electron chi connectivity index (χ1n) is 13.1. The number of amides is 1. The molecule has 1 aromatic heterocycles. The fourth-order valence-corrected chi connectivity index (χ4v) is 5.82. The molecule has 0 saturated carbocycles. The predicted molar refractivity (Wildman–Crippen MR) is 142 cm³/mol. The van der Waals surface area contributed by atoms with E-state index in [-0.39, 0.29) is 17.9 Å². The Morgan fingerprint density at radius 1 is 1.06 bits per heavy atom. The van der Waals surface area contributed by atoms with E-state index >= 15 is 0 Å². The van der Waals surface area contributed by atoms with Gasteiger partial charge in [-0.1, -0.05) is 48.0 Å². The summed E-state index contributed by atoms with van der Waals surface area (Å²) in [4.78, 5) is 20.4. The number of nitrogens with zero attached hydrogens (tertiary/aromatic N) is 2. The van der Waals surface area contributed by atoms with Gasteiger partial charge in [-0.3, -0.25) is 4.79 Å². The summed E-state index contributed by atoms with van der Waals surface area (Å²) in [5.74, 6) is 0.923. The summed E-state index contributed by atoms with van der Waals surface area (Å²) < 4.78 is 0. The van der Waals surface area contributed by atoms with Gasteiger partial charge in [0.05, 0.1) is 6.10 Å². The number of rotatable bonds is 6. The van der Waals surface area contributed by atoms with Crippen LogP contribution in [0.15, 0.2) is 60.8 Å². The first-order chi connectivity index (χ1) is 17.1. The minimum absolute atomic E-state index is 0.0683. The Labute approximate surface area is 208 Å². The molecule has 35 heavy (non-hydrogen) atoms. The lowest BCUT2D eigenvalue weighted by molar-refractivity contribution is -0.128. The van der Waals surface area contributed by atoms with Crippen molar-refractivity contribution < 1.29 is 9.90 Å². The minimum Gasteiger partial charge on any atom is -0.392 e. The molecule has 2 saturated heterocycles. The lowest BCUT2D eigenvalue weighted by atomic mass is 9.87. The number of aromatic nitrogens is 1. The monoisotopic (exact) mass is 471 g/mol. The number of carbonyl (C=O) groups is 1. The standard InChI is InChI=1S/C30H37N3O2/c1-22-5-4-6-23(19-22)9-10-30(35)33-17-13-25(14-18-33)29(34)21-32-15-11-24(12-16-32)27-20-31-28-8-3-2-7-26(27)28/h2-10,19-20,24-25,29,31,34H,11-18,21H2,1H3. The molecular weight excluding hydrogens is 434 g/mol. The number of piperidine rings is 2. The second-order valence-corrected chi connectivity index (χ2v) is 10.3. The van der Waals surface area contributed by atoms with Crippen molar-refractivity contribution >= 4 is 22.9 Å². The van der Waals surface area contributed by atoms with E-state index in [2.05, 4.69) is 59.4 Å². The minimum atomic E-state index is -0.320. The highest BCUT2D eigenvalue weighted by Crippen LogP contribution is 2.33. The van der Waals surface area contributed by atoms with Crippen molar-refractivity contribution in [1.29, 1.82) is 0 Å². The normalized spacial score (nSPS) is 19.5. The third-order valence-electron chi connectivity index (χ3n) is 7.95. The number of hydrogen-bond acceptors (Lipinski definition) is 3. The average Bonchev–Trinajstić information content (AvgIpc) is 3.32. The predicted octanol–water partition coefficient (Wildman–Crippen LogP) is 4.97. The van der Waals surface area contributed by atoms with Gasteiger partial charge in [0.1, 0.15) is 0 Å². The number of para-hydroxylation sites is 1. The number of aliphatic hydroxyl groups excluding tert-OH is 1. The maximum Gasteiger partial charge on any atom is 0.246 e. The molecule has 3 heterocycles. The van der Waals surface area contributed by atoms with Crippen LogP contribution in [0.1, 0.15) is 48.3 Å². The lowest BCUT2D eigenvalue weighted by Gasteiger charge is -2.37. The number of carbonyl (C=O) groups excluding carboxylic acids is 1. The van der Waals surface area contributed by atoms with Crippen LogP contribution >= 0.6 is 0 Å². The quantitative estimate of drug-likeness (QED) is 0.499. The van der Waals surface area contributed by atoms with Crippen molar-refractivity contribution in [2.45, 2.75) is 44.6 Å². The molecule has 5 nitrogen and oxygen atoms in total. The Bertz CT molecular complexity index is 1170. The maximum atomic E-state index is 12.6. The molecular formula is C30H37N3O2. The van der Waals surface area contributed by atoms with E-state index in [1.165, 1.54) is 22.0 Å². The number of aromatic amines is 1. The summed E-state index contributed by atoms with van der Waals surface area (Å²) in [6.07, 6.45) is 9.46. The largest absolute Gasteiger partial charge is 0.392 e. The van der Waals surface area contributed by atoms with Crippen molar-refractivity contribution in [3.05, 3.63) is 77.5 Å². The van der Waals surface area contributed by atoms with Gasteiger partial charge in [0, 0.05) is 42.8 Å². The zero-order chi connectivity index (χ0) is 24.2. The topological polar surface area (TPSA) is 59.6 Å². The van der Waals surface area contributed by atoms with Crippen LogP contribution in [0.3, 0.4) is 0 Å². The fourth-order valence-electron chi connectivity index (χ4n) is 5.82. The summed E-state index contributed by atoms with van der Waals surface area (Å²) in [5, 5.41) is 12.3. The first-order valence-corrected chi connectivity index (χ1v) is 13.1. The highest BCUT2D eigenvalue weighted by molar-refractivity contribution is 5.91. The van der Waals surface area contributed by atoms with E-state index < -0.39 is 0 Å². The molecule has 2 aromatic carbocycles. The Morgan fingerprint density at radius 3 is 2.60 bits per heavy atom. The number of aliphatic hydroxyl groups is 1. The third-order valence-corrected chi connectivity index (χ3v) is 7.95. The molecule has 5 rings (SSSR count). The molecule has 2 fully saturated rings. The molecule has 2 N–H and O–H groups in total. The van der Waals surface area contributed by atoms with Crippen molar-refractivity contribution in [2.75, 3.05) is 32.7 Å². The molecule has 1 atom stereocenters. The van der Waals surface area contributed by atoms with E-state index in [0.29, 0.717) is 5.92 Å². The van der Waals surface area contributed by atoms with Gasteiger partial charge in [0.25, 0.3) is 0 Å². The van der Waals surface area contributed by atoms with Gasteiger partial charge in [0.2, 0.25) is 5.91 Å². The number of hydrogen-bond donors (Lipinski definition) is 2. The van der Waals surface area contributed by atoms with E-state index in [1.807, 2.05) is 23.1 Å². The van der Waals surface area contributed by atoms with Crippen LogP contribution in [0.2, 0.25) is 0 Å². The van der Waals surface area contributed by atoms with Gasteiger partial charge in [-0.05, 0) is 80.8 Å². The summed E-state index contributed by atoms with van der Waals surface area (Å²) in [5.41, 5.74) is 4.90. The average molecular weight is 472 g/mol. The van der Waals surface area contributed by atoms with Gasteiger partial charge in [-0.25, -0.2) is 0 Å². The molecule has 2 aliphatic heterocycles. The van der Waals surface area contributed by atoms with Gasteiger partial charge in [-0.15, -0.1) is 0 Å². The number of β-amino-alcohol motifs (C(OH)–C–C–N with tert-alkyl or cyclic N) is 1. The number of benzene rings is 2. The summed E-state index contributed by atoms with van der Waals surface area (Å²) in [7, 11) is 0.